The van der Waals surface area contributed by atoms with Crippen LogP contribution in [-0.2, 0) is 4.74 Å². The van der Waals surface area contributed by atoms with Crippen LogP contribution in [0.15, 0.2) is 0 Å². The van der Waals surface area contributed by atoms with Gasteiger partial charge in [0, 0.05) is 32.7 Å². The first kappa shape index (κ1) is 16.4. The number of amides is 1. The van der Waals surface area contributed by atoms with Crippen molar-refractivity contribution in [2.24, 2.45) is 0 Å². The minimum absolute atomic E-state index is 0.284. The molecule has 0 aromatic rings. The van der Waals surface area contributed by atoms with Crippen molar-refractivity contribution >= 4 is 6.09 Å². The number of carbonyl (C=O) groups is 1. The molecule has 0 aromatic carbocycles. The molecule has 2 rings (SSSR count). The van der Waals surface area contributed by atoms with E-state index in [1.807, 2.05) is 4.90 Å². The van der Waals surface area contributed by atoms with Gasteiger partial charge in [0.05, 0.1) is 12.6 Å². The van der Waals surface area contributed by atoms with Crippen LogP contribution >= 0.6 is 0 Å². The minimum atomic E-state index is -2.90. The molecule has 1 atom stereocenters. The highest BCUT2D eigenvalue weighted by molar-refractivity contribution is 5.68. The van der Waals surface area contributed by atoms with Gasteiger partial charge in [-0.3, -0.25) is 4.90 Å². The Hall–Kier alpha value is -0.950. The fraction of sp³-hybridized carbons (Fsp3) is 0.929. The maximum atomic E-state index is 14.4. The smallest absolute Gasteiger partial charge is 0.410 e. The summed E-state index contributed by atoms with van der Waals surface area (Å²) in [6, 6.07) is -0.779. The van der Waals surface area contributed by atoms with E-state index in [-0.39, 0.29) is 6.42 Å². The lowest BCUT2D eigenvalue weighted by molar-refractivity contribution is -0.127. The highest BCUT2D eigenvalue weighted by Crippen LogP contribution is 2.32. The first-order chi connectivity index (χ1) is 9.69. The molecule has 0 radical (unpaired) electrons. The lowest BCUT2D eigenvalue weighted by Crippen LogP contribution is -2.62. The molecule has 1 amide bonds. The highest BCUT2D eigenvalue weighted by Gasteiger charge is 2.49. The van der Waals surface area contributed by atoms with Crippen LogP contribution in [0, 0.1) is 0 Å². The molecule has 2 aliphatic rings. The summed E-state index contributed by atoms with van der Waals surface area (Å²) >= 11 is 0. The number of halogens is 2. The van der Waals surface area contributed by atoms with Gasteiger partial charge in [-0.25, -0.2) is 13.6 Å². The minimum Gasteiger partial charge on any atom is -0.444 e. The Morgan fingerprint density at radius 2 is 1.86 bits per heavy atom. The number of ether oxygens (including phenoxy) is 1. The van der Waals surface area contributed by atoms with Crippen LogP contribution in [0.5, 0.6) is 0 Å². The van der Waals surface area contributed by atoms with E-state index in [0.29, 0.717) is 19.6 Å². The number of nitrogens with zero attached hydrogens (tertiary/aromatic N) is 2. The molecule has 2 fully saturated rings. The zero-order valence-electron chi connectivity index (χ0n) is 13.0. The van der Waals surface area contributed by atoms with Crippen LogP contribution in [0.4, 0.5) is 13.6 Å². The molecule has 0 aliphatic carbocycles. The Morgan fingerprint density at radius 3 is 2.38 bits per heavy atom. The van der Waals surface area contributed by atoms with E-state index < -0.39 is 30.2 Å². The van der Waals surface area contributed by atoms with Crippen molar-refractivity contribution < 1.29 is 18.3 Å². The third-order valence-corrected chi connectivity index (χ3v) is 3.81. The van der Waals surface area contributed by atoms with Crippen molar-refractivity contribution in [3.8, 4) is 0 Å². The fourth-order valence-electron chi connectivity index (χ4n) is 2.85. The number of hydrogen-bond acceptors (Lipinski definition) is 4. The predicted molar refractivity (Wildman–Crippen MR) is 75.6 cm³/mol. The lowest BCUT2D eigenvalue weighted by Gasteiger charge is -2.44. The molecule has 0 aromatic heterocycles. The van der Waals surface area contributed by atoms with E-state index in [2.05, 4.69) is 5.32 Å². The molecule has 7 heteroatoms. The second-order valence-corrected chi connectivity index (χ2v) is 6.75. The van der Waals surface area contributed by atoms with Crippen molar-refractivity contribution in [3.63, 3.8) is 0 Å². The molecule has 0 saturated carbocycles. The van der Waals surface area contributed by atoms with E-state index in [1.165, 1.54) is 0 Å². The molecule has 2 heterocycles. The number of rotatable bonds is 1. The van der Waals surface area contributed by atoms with E-state index in [1.54, 1.807) is 20.8 Å². The van der Waals surface area contributed by atoms with Gasteiger partial charge in [-0.15, -0.1) is 0 Å². The monoisotopic (exact) mass is 305 g/mol. The summed E-state index contributed by atoms with van der Waals surface area (Å²) in [6.45, 7) is 7.70. The average molecular weight is 305 g/mol. The van der Waals surface area contributed by atoms with Crippen molar-refractivity contribution in [2.75, 3.05) is 39.3 Å². The normalized spacial score (nSPS) is 27.5. The van der Waals surface area contributed by atoms with E-state index in [4.69, 9.17) is 4.74 Å². The van der Waals surface area contributed by atoms with Gasteiger partial charge in [0.15, 0.2) is 0 Å². The summed E-state index contributed by atoms with van der Waals surface area (Å²) in [5.74, 6) is -2.90. The van der Waals surface area contributed by atoms with Gasteiger partial charge in [-0.1, -0.05) is 0 Å². The van der Waals surface area contributed by atoms with Crippen LogP contribution in [0.25, 0.3) is 0 Å². The predicted octanol–water partition coefficient (Wildman–Crippen LogP) is 1.54. The lowest BCUT2D eigenvalue weighted by atomic mass is 9.98. The molecule has 122 valence electrons. The fourth-order valence-corrected chi connectivity index (χ4v) is 2.85. The van der Waals surface area contributed by atoms with Gasteiger partial charge < -0.3 is 15.0 Å². The van der Waals surface area contributed by atoms with E-state index in [9.17, 15) is 13.6 Å². The summed E-state index contributed by atoms with van der Waals surface area (Å²) in [6.07, 6.45) is -0.368. The molecule has 2 saturated heterocycles. The summed E-state index contributed by atoms with van der Waals surface area (Å²) in [4.78, 5) is 14.9. The number of hydrogen-bond donors (Lipinski definition) is 1. The molecular formula is C14H25F2N3O2. The van der Waals surface area contributed by atoms with Crippen LogP contribution in [0.1, 0.15) is 27.2 Å². The standard InChI is InChI=1S/C14H25F2N3O2/c1-13(2,3)21-12(20)19-7-4-11(14(15,16)10-19)18-8-5-17-6-9-18/h11,17H,4-10H2,1-3H3/t11-/m0/s1. The second-order valence-electron chi connectivity index (χ2n) is 6.75. The third-order valence-electron chi connectivity index (χ3n) is 3.81. The second kappa shape index (κ2) is 6.04. The summed E-state index contributed by atoms with van der Waals surface area (Å²) < 4.78 is 34.0. The van der Waals surface area contributed by atoms with Crippen LogP contribution < -0.4 is 5.32 Å². The van der Waals surface area contributed by atoms with Crippen molar-refractivity contribution in [2.45, 2.75) is 44.8 Å². The third kappa shape index (κ3) is 4.26. The Morgan fingerprint density at radius 1 is 1.24 bits per heavy atom. The van der Waals surface area contributed by atoms with Crippen molar-refractivity contribution in [1.29, 1.82) is 0 Å². The zero-order chi connectivity index (χ0) is 15.7. The maximum Gasteiger partial charge on any atom is 0.410 e. The van der Waals surface area contributed by atoms with Crippen LogP contribution in [0.2, 0.25) is 0 Å². The Labute approximate surface area is 124 Å². The van der Waals surface area contributed by atoms with E-state index >= 15 is 0 Å². The molecule has 0 spiro atoms. The zero-order valence-corrected chi connectivity index (χ0v) is 13.0. The molecule has 21 heavy (non-hydrogen) atoms. The van der Waals surface area contributed by atoms with Gasteiger partial charge in [0.2, 0.25) is 0 Å². The number of alkyl halides is 2. The van der Waals surface area contributed by atoms with Gasteiger partial charge in [-0.05, 0) is 27.2 Å². The van der Waals surface area contributed by atoms with Crippen LogP contribution in [0.3, 0.4) is 0 Å². The summed E-state index contributed by atoms with van der Waals surface area (Å²) in [7, 11) is 0. The van der Waals surface area contributed by atoms with Crippen molar-refractivity contribution in [3.05, 3.63) is 0 Å². The first-order valence-electron chi connectivity index (χ1n) is 7.49. The number of piperidine rings is 1. The molecule has 0 unspecified atom stereocenters. The summed E-state index contributed by atoms with van der Waals surface area (Å²) in [5, 5.41) is 3.16. The molecular weight excluding hydrogens is 280 g/mol. The number of carbonyl (C=O) groups excluding carboxylic acids is 1. The van der Waals surface area contributed by atoms with Gasteiger partial charge in [-0.2, -0.15) is 0 Å². The van der Waals surface area contributed by atoms with Gasteiger partial charge in [0.25, 0.3) is 5.92 Å². The largest absolute Gasteiger partial charge is 0.444 e. The molecule has 1 N–H and O–H groups in total. The maximum absolute atomic E-state index is 14.4. The quantitative estimate of drug-likeness (QED) is 0.798. The first-order valence-corrected chi connectivity index (χ1v) is 7.49. The Balaban J connectivity index is 1.97. The SMILES string of the molecule is CC(C)(C)OC(=O)N1CC[C@H](N2CCNCC2)C(F)(F)C1. The van der Waals surface area contributed by atoms with Crippen molar-refractivity contribution in [1.82, 2.24) is 15.1 Å². The Kier molecular flexibility index (Phi) is 4.72. The molecule has 0 bridgehead atoms. The van der Waals surface area contributed by atoms with Gasteiger partial charge >= 0.3 is 6.09 Å². The topological polar surface area (TPSA) is 44.8 Å². The van der Waals surface area contributed by atoms with Crippen LogP contribution in [-0.4, -0.2) is 72.7 Å². The molecule has 2 aliphatic heterocycles. The number of likely N-dealkylation sites (tertiary alicyclic amines) is 1. The average Bonchev–Trinajstić information content (AvgIpc) is 2.36. The Bertz CT molecular complexity index is 379. The highest BCUT2D eigenvalue weighted by atomic mass is 19.3. The number of nitrogens with one attached hydrogen (secondary N) is 1. The van der Waals surface area contributed by atoms with Gasteiger partial charge in [0.1, 0.15) is 5.60 Å². The van der Waals surface area contributed by atoms with E-state index in [0.717, 1.165) is 18.0 Å². The number of piperazine rings is 1. The summed E-state index contributed by atoms with van der Waals surface area (Å²) in [5.41, 5.74) is -0.665. The molecule has 5 nitrogen and oxygen atoms in total.